The van der Waals surface area contributed by atoms with E-state index in [1.54, 1.807) is 7.05 Å². The summed E-state index contributed by atoms with van der Waals surface area (Å²) in [7, 11) is 1.67. The summed E-state index contributed by atoms with van der Waals surface area (Å²) < 4.78 is 5.07. The number of hydrogen-bond acceptors (Lipinski definition) is 4. The van der Waals surface area contributed by atoms with Crippen LogP contribution in [-0.2, 0) is 16.1 Å². The van der Waals surface area contributed by atoms with Crippen molar-refractivity contribution in [3.8, 4) is 0 Å². The second-order valence-corrected chi connectivity index (χ2v) is 6.15. The zero-order valence-corrected chi connectivity index (χ0v) is 13.4. The zero-order chi connectivity index (χ0) is 16.8. The van der Waals surface area contributed by atoms with Gasteiger partial charge in [0.15, 0.2) is 0 Å². The Morgan fingerprint density at radius 2 is 1.82 bits per heavy atom. The lowest BCUT2D eigenvalue weighted by Crippen LogP contribution is -2.58. The van der Waals surface area contributed by atoms with E-state index >= 15 is 0 Å². The third-order valence-electron chi connectivity index (χ3n) is 3.33. The van der Waals surface area contributed by atoms with E-state index in [2.05, 4.69) is 10.6 Å². The van der Waals surface area contributed by atoms with Crippen molar-refractivity contribution in [3.05, 3.63) is 35.9 Å². The molecule has 0 heterocycles. The standard InChI is InChI=1S/C16H24N2O4/c1-16(2,3)13(17-4)12(14(19)20)18-15(21)22-10-11-8-6-5-7-9-11/h5-9,12-13,17H,10H2,1-4H3,(H,18,21)(H,19,20). The van der Waals surface area contributed by atoms with E-state index in [1.165, 1.54) is 0 Å². The van der Waals surface area contributed by atoms with Gasteiger partial charge in [0.1, 0.15) is 12.6 Å². The lowest BCUT2D eigenvalue weighted by atomic mass is 9.82. The van der Waals surface area contributed by atoms with Crippen LogP contribution in [0.5, 0.6) is 0 Å². The predicted molar refractivity (Wildman–Crippen MR) is 83.5 cm³/mol. The molecule has 0 aliphatic heterocycles. The molecule has 6 nitrogen and oxygen atoms in total. The van der Waals surface area contributed by atoms with Crippen molar-refractivity contribution in [2.24, 2.45) is 5.41 Å². The van der Waals surface area contributed by atoms with Crippen LogP contribution in [0.3, 0.4) is 0 Å². The Morgan fingerprint density at radius 3 is 2.27 bits per heavy atom. The molecule has 0 aliphatic rings. The number of aliphatic carboxylic acids is 1. The van der Waals surface area contributed by atoms with E-state index < -0.39 is 24.1 Å². The molecular weight excluding hydrogens is 284 g/mol. The summed E-state index contributed by atoms with van der Waals surface area (Å²) in [4.78, 5) is 23.3. The van der Waals surface area contributed by atoms with Crippen LogP contribution in [-0.4, -0.2) is 36.3 Å². The summed E-state index contributed by atoms with van der Waals surface area (Å²) in [5, 5.41) is 14.7. The van der Waals surface area contributed by atoms with Crippen molar-refractivity contribution in [2.75, 3.05) is 7.05 Å². The van der Waals surface area contributed by atoms with Crippen molar-refractivity contribution in [3.63, 3.8) is 0 Å². The van der Waals surface area contributed by atoms with Crippen LogP contribution in [0.1, 0.15) is 26.3 Å². The first-order valence-corrected chi connectivity index (χ1v) is 7.13. The Bertz CT molecular complexity index is 497. The van der Waals surface area contributed by atoms with Crippen LogP contribution in [0, 0.1) is 5.41 Å². The Hall–Kier alpha value is -2.08. The van der Waals surface area contributed by atoms with Gasteiger partial charge < -0.3 is 20.5 Å². The van der Waals surface area contributed by atoms with Crippen LogP contribution >= 0.6 is 0 Å². The molecule has 1 amide bonds. The molecule has 0 aliphatic carbocycles. The normalized spacial score (nSPS) is 14.0. The second kappa shape index (κ2) is 7.79. The third-order valence-corrected chi connectivity index (χ3v) is 3.33. The molecule has 122 valence electrons. The second-order valence-electron chi connectivity index (χ2n) is 6.15. The fourth-order valence-electron chi connectivity index (χ4n) is 2.28. The molecule has 6 heteroatoms. The third kappa shape index (κ3) is 5.37. The maximum Gasteiger partial charge on any atom is 0.408 e. The smallest absolute Gasteiger partial charge is 0.408 e. The number of ether oxygens (including phenoxy) is 1. The fraction of sp³-hybridized carbons (Fsp3) is 0.500. The first kappa shape index (κ1) is 18.0. The molecule has 3 N–H and O–H groups in total. The van der Waals surface area contributed by atoms with Crippen LogP contribution in [0.25, 0.3) is 0 Å². The summed E-state index contributed by atoms with van der Waals surface area (Å²) in [6.07, 6.45) is -0.749. The highest BCUT2D eigenvalue weighted by Gasteiger charge is 2.37. The van der Waals surface area contributed by atoms with Gasteiger partial charge in [-0.3, -0.25) is 0 Å². The molecule has 0 radical (unpaired) electrons. The van der Waals surface area contributed by atoms with Gasteiger partial charge in [0, 0.05) is 6.04 Å². The number of carbonyl (C=O) groups is 2. The van der Waals surface area contributed by atoms with Gasteiger partial charge in [0.2, 0.25) is 0 Å². The summed E-state index contributed by atoms with van der Waals surface area (Å²) in [5.41, 5.74) is 0.496. The van der Waals surface area contributed by atoms with Gasteiger partial charge in [-0.05, 0) is 18.0 Å². The number of carboxylic acids is 1. The highest BCUT2D eigenvalue weighted by atomic mass is 16.5. The molecule has 1 aromatic rings. The van der Waals surface area contributed by atoms with Crippen LogP contribution in [0.15, 0.2) is 30.3 Å². The minimum Gasteiger partial charge on any atom is -0.480 e. The molecule has 0 fully saturated rings. The van der Waals surface area contributed by atoms with E-state index in [0.717, 1.165) is 5.56 Å². The number of hydrogen-bond donors (Lipinski definition) is 3. The number of amides is 1. The lowest BCUT2D eigenvalue weighted by molar-refractivity contribution is -0.141. The SMILES string of the molecule is CNC(C(NC(=O)OCc1ccccc1)C(=O)O)C(C)(C)C. The number of carboxylic acid groups (broad SMARTS) is 1. The number of nitrogens with one attached hydrogen (secondary N) is 2. The minimum absolute atomic E-state index is 0.0960. The van der Waals surface area contributed by atoms with Crippen molar-refractivity contribution >= 4 is 12.1 Å². The number of carbonyl (C=O) groups excluding carboxylic acids is 1. The Labute approximate surface area is 130 Å². The van der Waals surface area contributed by atoms with E-state index in [0.29, 0.717) is 0 Å². The predicted octanol–water partition coefficient (Wildman–Crippen LogP) is 2.00. The highest BCUT2D eigenvalue weighted by Crippen LogP contribution is 2.22. The quantitative estimate of drug-likeness (QED) is 0.748. The van der Waals surface area contributed by atoms with E-state index in [1.807, 2.05) is 51.1 Å². The van der Waals surface area contributed by atoms with Gasteiger partial charge in [0.05, 0.1) is 0 Å². The number of alkyl carbamates (subject to hydrolysis) is 1. The maximum absolute atomic E-state index is 11.9. The Kier molecular flexibility index (Phi) is 6.37. The molecule has 0 bridgehead atoms. The van der Waals surface area contributed by atoms with Gasteiger partial charge in [-0.15, -0.1) is 0 Å². The molecule has 0 aromatic heterocycles. The highest BCUT2D eigenvalue weighted by molar-refractivity contribution is 5.80. The van der Waals surface area contributed by atoms with Crippen LogP contribution < -0.4 is 10.6 Å². The minimum atomic E-state index is -1.11. The number of likely N-dealkylation sites (N-methyl/N-ethyl adjacent to an activating group) is 1. The van der Waals surface area contributed by atoms with E-state index in [-0.39, 0.29) is 12.0 Å². The molecular formula is C16H24N2O4. The average Bonchev–Trinajstić information content (AvgIpc) is 2.44. The van der Waals surface area contributed by atoms with Gasteiger partial charge in [-0.1, -0.05) is 51.1 Å². The maximum atomic E-state index is 11.9. The van der Waals surface area contributed by atoms with Crippen LogP contribution in [0.2, 0.25) is 0 Å². The summed E-state index contributed by atoms with van der Waals surface area (Å²) >= 11 is 0. The van der Waals surface area contributed by atoms with Gasteiger partial charge in [-0.25, -0.2) is 9.59 Å². The first-order chi connectivity index (χ1) is 10.3. The Balaban J connectivity index is 2.66. The molecule has 2 unspecified atom stereocenters. The monoisotopic (exact) mass is 308 g/mol. The largest absolute Gasteiger partial charge is 0.480 e. The molecule has 1 aromatic carbocycles. The molecule has 0 spiro atoms. The Morgan fingerprint density at radius 1 is 1.23 bits per heavy atom. The first-order valence-electron chi connectivity index (χ1n) is 7.13. The van der Waals surface area contributed by atoms with Gasteiger partial charge in [0.25, 0.3) is 0 Å². The average molecular weight is 308 g/mol. The zero-order valence-electron chi connectivity index (χ0n) is 13.4. The van der Waals surface area contributed by atoms with Gasteiger partial charge >= 0.3 is 12.1 Å². The van der Waals surface area contributed by atoms with Crippen molar-refractivity contribution in [1.29, 1.82) is 0 Å². The van der Waals surface area contributed by atoms with Crippen molar-refractivity contribution < 1.29 is 19.4 Å². The molecule has 1 rings (SSSR count). The fourth-order valence-corrected chi connectivity index (χ4v) is 2.28. The number of rotatable bonds is 6. The molecule has 22 heavy (non-hydrogen) atoms. The molecule has 0 saturated heterocycles. The van der Waals surface area contributed by atoms with E-state index in [9.17, 15) is 14.7 Å². The molecule has 0 saturated carbocycles. The topological polar surface area (TPSA) is 87.7 Å². The van der Waals surface area contributed by atoms with Gasteiger partial charge in [-0.2, -0.15) is 0 Å². The summed E-state index contributed by atoms with van der Waals surface area (Å²) in [6, 6.07) is 7.69. The lowest BCUT2D eigenvalue weighted by Gasteiger charge is -2.34. The number of benzene rings is 1. The summed E-state index contributed by atoms with van der Waals surface area (Å²) in [6.45, 7) is 5.81. The van der Waals surface area contributed by atoms with Crippen molar-refractivity contribution in [2.45, 2.75) is 39.5 Å². The van der Waals surface area contributed by atoms with Crippen molar-refractivity contribution in [1.82, 2.24) is 10.6 Å². The molecule has 2 atom stereocenters. The van der Waals surface area contributed by atoms with E-state index in [4.69, 9.17) is 4.74 Å². The van der Waals surface area contributed by atoms with Crippen LogP contribution in [0.4, 0.5) is 4.79 Å². The summed E-state index contributed by atoms with van der Waals surface area (Å²) in [5.74, 6) is -1.11.